The molecule has 4 aromatic rings. The summed E-state index contributed by atoms with van der Waals surface area (Å²) in [5.74, 6) is 0. The van der Waals surface area contributed by atoms with E-state index in [1.54, 1.807) is 0 Å². The molecule has 134 valence electrons. The molecule has 2 heteroatoms. The van der Waals surface area contributed by atoms with Gasteiger partial charge in [0.1, 0.15) is 6.17 Å². The quantitative estimate of drug-likeness (QED) is 0.454. The third kappa shape index (κ3) is 3.10. The molecule has 4 aromatic carbocycles. The van der Waals surface area contributed by atoms with Gasteiger partial charge in [-0.15, -0.1) is 0 Å². The summed E-state index contributed by atoms with van der Waals surface area (Å²) in [5, 5.41) is 3.58. The highest BCUT2D eigenvalue weighted by Crippen LogP contribution is 2.32. The van der Waals surface area contributed by atoms with Crippen molar-refractivity contribution in [3.05, 3.63) is 126 Å². The summed E-state index contributed by atoms with van der Waals surface area (Å²) in [6.07, 6.45) is -0.102. The van der Waals surface area contributed by atoms with Crippen LogP contribution in [0, 0.1) is 0 Å². The Labute approximate surface area is 165 Å². The molecule has 5 rings (SSSR count). The van der Waals surface area contributed by atoms with E-state index in [-0.39, 0.29) is 6.17 Å². The first-order valence-electron chi connectivity index (χ1n) is 9.53. The fraction of sp³-hybridized carbons (Fsp3) is 0.0385. The van der Waals surface area contributed by atoms with Gasteiger partial charge in [-0.25, -0.2) is 0 Å². The molecule has 0 saturated heterocycles. The number of hydrogen-bond acceptors (Lipinski definition) is 2. The van der Waals surface area contributed by atoms with Gasteiger partial charge < -0.3 is 5.32 Å². The molecule has 0 amide bonds. The lowest BCUT2D eigenvalue weighted by Gasteiger charge is -2.26. The average Bonchev–Trinajstić information content (AvgIpc) is 2.79. The van der Waals surface area contributed by atoms with Crippen LogP contribution in [0.25, 0.3) is 11.1 Å². The molecule has 0 aromatic heterocycles. The molecule has 0 radical (unpaired) electrons. The number of rotatable bonds is 3. The normalized spacial score (nSPS) is 15.3. The number of nitrogens with one attached hydrogen (secondary N) is 1. The predicted molar refractivity (Wildman–Crippen MR) is 117 cm³/mol. The van der Waals surface area contributed by atoms with Gasteiger partial charge in [0, 0.05) is 16.8 Å². The van der Waals surface area contributed by atoms with Crippen molar-refractivity contribution in [2.75, 3.05) is 5.32 Å². The van der Waals surface area contributed by atoms with Crippen LogP contribution in [0.1, 0.15) is 22.9 Å². The summed E-state index contributed by atoms with van der Waals surface area (Å²) >= 11 is 0. The van der Waals surface area contributed by atoms with Gasteiger partial charge in [-0.1, -0.05) is 103 Å². The van der Waals surface area contributed by atoms with Crippen molar-refractivity contribution in [2.24, 2.45) is 4.99 Å². The second-order valence-electron chi connectivity index (χ2n) is 6.92. The molecule has 0 aliphatic carbocycles. The Balaban J connectivity index is 1.54. The highest BCUT2D eigenvalue weighted by atomic mass is 15.1. The van der Waals surface area contributed by atoms with E-state index in [1.807, 2.05) is 12.1 Å². The fourth-order valence-corrected chi connectivity index (χ4v) is 3.67. The zero-order valence-electron chi connectivity index (χ0n) is 15.4. The fourth-order valence-electron chi connectivity index (χ4n) is 3.67. The minimum absolute atomic E-state index is 0.102. The maximum atomic E-state index is 5.07. The van der Waals surface area contributed by atoms with Gasteiger partial charge in [0.05, 0.1) is 5.71 Å². The molecule has 0 fully saturated rings. The molecule has 1 heterocycles. The summed E-state index contributed by atoms with van der Waals surface area (Å²) in [6.45, 7) is 0. The van der Waals surface area contributed by atoms with E-state index in [4.69, 9.17) is 4.99 Å². The van der Waals surface area contributed by atoms with Crippen molar-refractivity contribution in [1.82, 2.24) is 0 Å². The van der Waals surface area contributed by atoms with Crippen LogP contribution in [-0.2, 0) is 0 Å². The molecule has 2 nitrogen and oxygen atoms in total. The molecule has 28 heavy (non-hydrogen) atoms. The van der Waals surface area contributed by atoms with Crippen LogP contribution in [-0.4, -0.2) is 5.71 Å². The molecule has 1 unspecified atom stereocenters. The van der Waals surface area contributed by atoms with Gasteiger partial charge >= 0.3 is 0 Å². The Kier molecular flexibility index (Phi) is 4.23. The molecule has 1 N–H and O–H groups in total. The Bertz CT molecular complexity index is 1110. The molecular formula is C26H20N2. The number of fused-ring (bicyclic) bond motifs is 1. The van der Waals surface area contributed by atoms with Gasteiger partial charge in [0.15, 0.2) is 0 Å². The molecule has 1 atom stereocenters. The van der Waals surface area contributed by atoms with Crippen LogP contribution < -0.4 is 5.32 Å². The van der Waals surface area contributed by atoms with E-state index in [9.17, 15) is 0 Å². The molecule has 0 saturated carbocycles. The molecule has 0 bridgehead atoms. The Morgan fingerprint density at radius 1 is 0.536 bits per heavy atom. The zero-order valence-corrected chi connectivity index (χ0v) is 15.4. The minimum Gasteiger partial charge on any atom is -0.360 e. The SMILES string of the molecule is c1ccc(C2=NC(c3ccc(-c4ccccc4)cc3)Nc3ccccc32)cc1. The third-order valence-corrected chi connectivity index (χ3v) is 5.11. The van der Waals surface area contributed by atoms with Crippen molar-refractivity contribution in [3.63, 3.8) is 0 Å². The lowest BCUT2D eigenvalue weighted by Crippen LogP contribution is -2.20. The molecule has 1 aliphatic heterocycles. The van der Waals surface area contributed by atoms with Crippen LogP contribution in [0.3, 0.4) is 0 Å². The smallest absolute Gasteiger partial charge is 0.145 e. The number of para-hydroxylation sites is 1. The van der Waals surface area contributed by atoms with Gasteiger partial charge in [0.25, 0.3) is 0 Å². The Morgan fingerprint density at radius 3 is 1.82 bits per heavy atom. The van der Waals surface area contributed by atoms with Crippen molar-refractivity contribution >= 4 is 11.4 Å². The van der Waals surface area contributed by atoms with Crippen molar-refractivity contribution in [3.8, 4) is 11.1 Å². The number of aliphatic imine (C=N–C) groups is 1. The van der Waals surface area contributed by atoms with Crippen LogP contribution >= 0.6 is 0 Å². The topological polar surface area (TPSA) is 24.4 Å². The van der Waals surface area contributed by atoms with Crippen molar-refractivity contribution < 1.29 is 0 Å². The van der Waals surface area contributed by atoms with Crippen LogP contribution in [0.5, 0.6) is 0 Å². The summed E-state index contributed by atoms with van der Waals surface area (Å²) in [6, 6.07) is 37.9. The summed E-state index contributed by atoms with van der Waals surface area (Å²) in [7, 11) is 0. The number of hydrogen-bond donors (Lipinski definition) is 1. The second kappa shape index (κ2) is 7.16. The van der Waals surface area contributed by atoms with Crippen LogP contribution in [0.15, 0.2) is 114 Å². The maximum absolute atomic E-state index is 5.07. The Hall–Kier alpha value is -3.65. The summed E-state index contributed by atoms with van der Waals surface area (Å²) in [4.78, 5) is 5.07. The van der Waals surface area contributed by atoms with E-state index >= 15 is 0 Å². The molecular weight excluding hydrogens is 340 g/mol. The van der Waals surface area contributed by atoms with Gasteiger partial charge in [0.2, 0.25) is 0 Å². The highest BCUT2D eigenvalue weighted by molar-refractivity contribution is 6.16. The number of nitrogens with zero attached hydrogens (tertiary/aromatic N) is 1. The maximum Gasteiger partial charge on any atom is 0.145 e. The van der Waals surface area contributed by atoms with Crippen LogP contribution in [0.4, 0.5) is 5.69 Å². The number of benzene rings is 4. The van der Waals surface area contributed by atoms with Crippen LogP contribution in [0.2, 0.25) is 0 Å². The standard InChI is InChI=1S/C26H20N2/c1-3-9-19(10-4-1)20-15-17-22(18-16-20)26-27-24-14-8-7-13-23(24)25(28-26)21-11-5-2-6-12-21/h1-18,26-27H. The Morgan fingerprint density at radius 2 is 1.11 bits per heavy atom. The van der Waals surface area contributed by atoms with E-state index in [1.165, 1.54) is 11.1 Å². The van der Waals surface area contributed by atoms with E-state index in [0.29, 0.717) is 0 Å². The lowest BCUT2D eigenvalue weighted by molar-refractivity contribution is 0.828. The second-order valence-corrected chi connectivity index (χ2v) is 6.92. The first kappa shape index (κ1) is 16.5. The molecule has 1 aliphatic rings. The largest absolute Gasteiger partial charge is 0.360 e. The van der Waals surface area contributed by atoms with Gasteiger partial charge in [-0.2, -0.15) is 0 Å². The number of anilines is 1. The van der Waals surface area contributed by atoms with E-state index in [0.717, 1.165) is 28.1 Å². The van der Waals surface area contributed by atoms with Crippen molar-refractivity contribution in [1.29, 1.82) is 0 Å². The lowest BCUT2D eigenvalue weighted by atomic mass is 9.97. The first-order chi connectivity index (χ1) is 13.9. The van der Waals surface area contributed by atoms with Gasteiger partial charge in [-0.3, -0.25) is 4.99 Å². The molecule has 0 spiro atoms. The van der Waals surface area contributed by atoms with Gasteiger partial charge in [-0.05, 0) is 22.8 Å². The third-order valence-electron chi connectivity index (χ3n) is 5.11. The van der Waals surface area contributed by atoms with E-state index < -0.39 is 0 Å². The average molecular weight is 360 g/mol. The predicted octanol–water partition coefficient (Wildman–Crippen LogP) is 6.32. The summed E-state index contributed by atoms with van der Waals surface area (Å²) in [5.41, 5.74) is 8.04. The van der Waals surface area contributed by atoms with Crippen molar-refractivity contribution in [2.45, 2.75) is 6.17 Å². The highest BCUT2D eigenvalue weighted by Gasteiger charge is 2.22. The first-order valence-corrected chi connectivity index (χ1v) is 9.53. The summed E-state index contributed by atoms with van der Waals surface area (Å²) < 4.78 is 0. The minimum atomic E-state index is -0.102. The zero-order chi connectivity index (χ0) is 18.8. The van der Waals surface area contributed by atoms with E-state index in [2.05, 4.69) is 102 Å². The monoisotopic (exact) mass is 360 g/mol.